The molecule has 1 heterocycles. The molecule has 25 heavy (non-hydrogen) atoms. The van der Waals surface area contributed by atoms with Gasteiger partial charge in [0.05, 0.1) is 12.8 Å². The summed E-state index contributed by atoms with van der Waals surface area (Å²) in [6, 6.07) is 8.11. The minimum absolute atomic E-state index is 0.786. The van der Waals surface area contributed by atoms with Gasteiger partial charge < -0.3 is 15.0 Å². The van der Waals surface area contributed by atoms with Crippen molar-refractivity contribution in [2.24, 2.45) is 12.0 Å². The number of methoxy groups -OCH3 is 1. The monoisotopic (exact) mass is 343 g/mol. The highest BCUT2D eigenvalue weighted by molar-refractivity contribution is 5.79. The van der Waals surface area contributed by atoms with Gasteiger partial charge in [0, 0.05) is 39.9 Å². The summed E-state index contributed by atoms with van der Waals surface area (Å²) in [5.41, 5.74) is 4.85. The van der Waals surface area contributed by atoms with Gasteiger partial charge in [-0.2, -0.15) is 5.10 Å². The molecule has 0 saturated heterocycles. The number of rotatable bonds is 6. The Morgan fingerprint density at radius 2 is 1.96 bits per heavy atom. The lowest BCUT2D eigenvalue weighted by atomic mass is 10.1. The summed E-state index contributed by atoms with van der Waals surface area (Å²) < 4.78 is 7.14. The molecule has 0 spiro atoms. The van der Waals surface area contributed by atoms with Crippen molar-refractivity contribution in [3.8, 4) is 5.75 Å². The Labute approximate surface area is 150 Å². The average Bonchev–Trinajstić information content (AvgIpc) is 2.85. The molecule has 0 saturated carbocycles. The van der Waals surface area contributed by atoms with Gasteiger partial charge in [-0.25, -0.2) is 0 Å². The normalized spacial score (nSPS) is 11.5. The van der Waals surface area contributed by atoms with Crippen molar-refractivity contribution in [1.29, 1.82) is 0 Å². The lowest BCUT2D eigenvalue weighted by Crippen LogP contribution is -2.39. The first-order valence-electron chi connectivity index (χ1n) is 8.50. The molecule has 0 bridgehead atoms. The summed E-state index contributed by atoms with van der Waals surface area (Å²) in [4.78, 5) is 6.50. The van der Waals surface area contributed by atoms with E-state index in [1.807, 2.05) is 38.0 Å². The van der Waals surface area contributed by atoms with Gasteiger partial charge in [-0.05, 0) is 43.5 Å². The van der Waals surface area contributed by atoms with Crippen LogP contribution in [0.4, 0.5) is 0 Å². The lowest BCUT2D eigenvalue weighted by Gasteiger charge is -2.22. The number of aryl methyl sites for hydroxylation is 2. The third-order valence-corrected chi connectivity index (χ3v) is 4.47. The molecular formula is C19H29N5O. The number of aliphatic imine (C=N–C) groups is 1. The summed E-state index contributed by atoms with van der Waals surface area (Å²) in [6.07, 6.45) is 0.931. The fourth-order valence-electron chi connectivity index (χ4n) is 2.94. The van der Waals surface area contributed by atoms with Crippen LogP contribution in [0.2, 0.25) is 0 Å². The number of benzene rings is 1. The SMILES string of the molecule is CN=C(NCCc1c(C)nn(C)c1C)N(C)Cc1ccc(OC)cc1. The molecule has 6 nitrogen and oxygen atoms in total. The van der Waals surface area contributed by atoms with Crippen LogP contribution in [-0.4, -0.2) is 48.4 Å². The van der Waals surface area contributed by atoms with Gasteiger partial charge in [0.1, 0.15) is 5.75 Å². The van der Waals surface area contributed by atoms with Crippen LogP contribution in [0.15, 0.2) is 29.3 Å². The number of guanidine groups is 1. The molecule has 2 aromatic rings. The van der Waals surface area contributed by atoms with Gasteiger partial charge in [0.2, 0.25) is 0 Å². The molecule has 0 fully saturated rings. The highest BCUT2D eigenvalue weighted by Gasteiger charge is 2.10. The Hall–Kier alpha value is -2.50. The molecule has 0 unspecified atom stereocenters. The standard InChI is InChI=1S/C19H29N5O/c1-14-18(15(2)24(5)22-14)11-12-21-19(20-3)23(4)13-16-7-9-17(25-6)10-8-16/h7-10H,11-13H2,1-6H3,(H,20,21). The predicted molar refractivity (Wildman–Crippen MR) is 102 cm³/mol. The maximum absolute atomic E-state index is 5.20. The van der Waals surface area contributed by atoms with Crippen LogP contribution in [0.3, 0.4) is 0 Å². The van der Waals surface area contributed by atoms with E-state index in [1.165, 1.54) is 16.8 Å². The van der Waals surface area contributed by atoms with E-state index >= 15 is 0 Å². The highest BCUT2D eigenvalue weighted by atomic mass is 16.5. The molecule has 2 rings (SSSR count). The van der Waals surface area contributed by atoms with Crippen LogP contribution in [-0.2, 0) is 20.0 Å². The van der Waals surface area contributed by atoms with Crippen LogP contribution in [0.5, 0.6) is 5.75 Å². The number of nitrogens with one attached hydrogen (secondary N) is 1. The number of ether oxygens (including phenoxy) is 1. The Kier molecular flexibility index (Phi) is 6.44. The van der Waals surface area contributed by atoms with Crippen LogP contribution in [0.25, 0.3) is 0 Å². The molecule has 0 amide bonds. The Morgan fingerprint density at radius 1 is 1.28 bits per heavy atom. The second-order valence-corrected chi connectivity index (χ2v) is 6.20. The zero-order valence-electron chi connectivity index (χ0n) is 16.1. The van der Waals surface area contributed by atoms with Crippen LogP contribution < -0.4 is 10.1 Å². The number of hydrogen-bond donors (Lipinski definition) is 1. The third kappa shape index (κ3) is 4.75. The van der Waals surface area contributed by atoms with Crippen LogP contribution >= 0.6 is 0 Å². The molecular weight excluding hydrogens is 314 g/mol. The van der Waals surface area contributed by atoms with E-state index in [1.54, 1.807) is 7.11 Å². The molecule has 0 aliphatic carbocycles. The zero-order chi connectivity index (χ0) is 18.4. The summed E-state index contributed by atoms with van der Waals surface area (Å²) in [5, 5.41) is 7.91. The Morgan fingerprint density at radius 3 is 2.48 bits per heavy atom. The number of aromatic nitrogens is 2. The van der Waals surface area contributed by atoms with E-state index in [0.717, 1.165) is 36.9 Å². The second kappa shape index (κ2) is 8.55. The lowest BCUT2D eigenvalue weighted by molar-refractivity contribution is 0.414. The second-order valence-electron chi connectivity index (χ2n) is 6.20. The smallest absolute Gasteiger partial charge is 0.193 e. The van der Waals surface area contributed by atoms with Crippen molar-refractivity contribution in [2.45, 2.75) is 26.8 Å². The third-order valence-electron chi connectivity index (χ3n) is 4.47. The van der Waals surface area contributed by atoms with E-state index in [9.17, 15) is 0 Å². The van der Waals surface area contributed by atoms with Crippen molar-refractivity contribution < 1.29 is 4.74 Å². The van der Waals surface area contributed by atoms with Gasteiger partial charge in [-0.15, -0.1) is 0 Å². The fraction of sp³-hybridized carbons (Fsp3) is 0.474. The molecule has 0 aliphatic rings. The molecule has 136 valence electrons. The van der Waals surface area contributed by atoms with Gasteiger partial charge in [0.25, 0.3) is 0 Å². The quantitative estimate of drug-likeness (QED) is 0.646. The van der Waals surface area contributed by atoms with E-state index < -0.39 is 0 Å². The van der Waals surface area contributed by atoms with Gasteiger partial charge in [-0.3, -0.25) is 9.67 Å². The van der Waals surface area contributed by atoms with Crippen LogP contribution in [0, 0.1) is 13.8 Å². The summed E-state index contributed by atoms with van der Waals surface area (Å²) in [5.74, 6) is 1.76. The van der Waals surface area contributed by atoms with Crippen molar-refractivity contribution >= 4 is 5.96 Å². The largest absolute Gasteiger partial charge is 0.497 e. The van der Waals surface area contributed by atoms with E-state index in [4.69, 9.17) is 4.74 Å². The van der Waals surface area contributed by atoms with Crippen molar-refractivity contribution in [3.63, 3.8) is 0 Å². The Balaban J connectivity index is 1.90. The van der Waals surface area contributed by atoms with Crippen LogP contribution in [0.1, 0.15) is 22.5 Å². The summed E-state index contributed by atoms with van der Waals surface area (Å²) in [6.45, 7) is 5.79. The van der Waals surface area contributed by atoms with Gasteiger partial charge in [-0.1, -0.05) is 12.1 Å². The zero-order valence-corrected chi connectivity index (χ0v) is 16.1. The van der Waals surface area contributed by atoms with E-state index in [-0.39, 0.29) is 0 Å². The first kappa shape index (κ1) is 18.8. The molecule has 1 aromatic carbocycles. The van der Waals surface area contributed by atoms with Gasteiger partial charge in [0.15, 0.2) is 5.96 Å². The topological polar surface area (TPSA) is 54.7 Å². The average molecular weight is 343 g/mol. The maximum Gasteiger partial charge on any atom is 0.193 e. The molecule has 1 aromatic heterocycles. The molecule has 1 N–H and O–H groups in total. The number of nitrogens with zero attached hydrogens (tertiary/aromatic N) is 4. The molecule has 0 radical (unpaired) electrons. The maximum atomic E-state index is 5.20. The number of hydrogen-bond acceptors (Lipinski definition) is 3. The minimum Gasteiger partial charge on any atom is -0.497 e. The van der Waals surface area contributed by atoms with Crippen molar-refractivity contribution in [3.05, 3.63) is 46.8 Å². The summed E-state index contributed by atoms with van der Waals surface area (Å²) in [7, 11) is 7.52. The fourth-order valence-corrected chi connectivity index (χ4v) is 2.94. The molecule has 0 atom stereocenters. The van der Waals surface area contributed by atoms with Gasteiger partial charge >= 0.3 is 0 Å². The van der Waals surface area contributed by atoms with E-state index in [0.29, 0.717) is 0 Å². The molecule has 0 aliphatic heterocycles. The Bertz CT molecular complexity index is 718. The molecule has 6 heteroatoms. The predicted octanol–water partition coefficient (Wildman–Crippen LogP) is 2.30. The first-order chi connectivity index (χ1) is 12.0. The highest BCUT2D eigenvalue weighted by Crippen LogP contribution is 2.13. The van der Waals surface area contributed by atoms with Crippen molar-refractivity contribution in [1.82, 2.24) is 20.0 Å². The first-order valence-corrected chi connectivity index (χ1v) is 8.50. The van der Waals surface area contributed by atoms with Crippen molar-refractivity contribution in [2.75, 3.05) is 27.7 Å². The minimum atomic E-state index is 0.786. The van der Waals surface area contributed by atoms with E-state index in [2.05, 4.69) is 46.3 Å². The summed E-state index contributed by atoms with van der Waals surface area (Å²) >= 11 is 0.